The fourth-order valence-corrected chi connectivity index (χ4v) is 2.43. The van der Waals surface area contributed by atoms with Crippen LogP contribution in [0.25, 0.3) is 0 Å². The Morgan fingerprint density at radius 1 is 1.17 bits per heavy atom. The lowest BCUT2D eigenvalue weighted by Gasteiger charge is -2.15. The maximum absolute atomic E-state index is 11.6. The second kappa shape index (κ2) is 4.90. The molecule has 0 aromatic heterocycles. The lowest BCUT2D eigenvalue weighted by atomic mass is 9.92. The Bertz CT molecular complexity index is 142. The average Bonchev–Trinajstić information content (AvgIpc) is 1.97. The topological polar surface area (TPSA) is 17.1 Å². The van der Waals surface area contributed by atoms with Gasteiger partial charge in [-0.1, -0.05) is 20.8 Å². The average molecular weight is 189 g/mol. The summed E-state index contributed by atoms with van der Waals surface area (Å²) in [6.07, 6.45) is 0. The van der Waals surface area contributed by atoms with Crippen LogP contribution in [-0.2, 0) is 15.7 Å². The summed E-state index contributed by atoms with van der Waals surface area (Å²) in [5.74, 6) is 3.50. The van der Waals surface area contributed by atoms with Crippen molar-refractivity contribution in [1.82, 2.24) is 0 Å². The van der Waals surface area contributed by atoms with E-state index in [0.717, 1.165) is 17.3 Å². The van der Waals surface area contributed by atoms with Crippen molar-refractivity contribution in [2.45, 2.75) is 34.6 Å². The van der Waals surface area contributed by atoms with Gasteiger partial charge in [0.1, 0.15) is 11.5 Å². The van der Waals surface area contributed by atoms with E-state index in [4.69, 9.17) is 0 Å². The van der Waals surface area contributed by atoms with E-state index in [-0.39, 0.29) is 5.41 Å². The molecule has 1 nitrogen and oxygen atoms in total. The van der Waals surface area contributed by atoms with Crippen LogP contribution in [0, 0.1) is 5.41 Å². The highest BCUT2D eigenvalue weighted by atomic mass is 32.2. The number of hydrogen-bond acceptors (Lipinski definition) is 1. The molecule has 0 amide bonds. The summed E-state index contributed by atoms with van der Waals surface area (Å²) in [6, 6.07) is 0. The molecule has 0 saturated heterocycles. The molecule has 0 N–H and O–H groups in total. The Kier molecular flexibility index (Phi) is 4.91. The molecular formula is C10H21OS+. The first-order chi connectivity index (χ1) is 5.41. The number of rotatable bonds is 4. The van der Waals surface area contributed by atoms with Crippen molar-refractivity contribution in [2.24, 2.45) is 5.41 Å². The van der Waals surface area contributed by atoms with E-state index in [2.05, 4.69) is 13.8 Å². The van der Waals surface area contributed by atoms with Gasteiger partial charge >= 0.3 is 0 Å². The van der Waals surface area contributed by atoms with Gasteiger partial charge in [-0.25, -0.2) is 0 Å². The zero-order valence-electron chi connectivity index (χ0n) is 8.94. The van der Waals surface area contributed by atoms with Crippen LogP contribution in [0.1, 0.15) is 34.6 Å². The largest absolute Gasteiger partial charge is 0.294 e. The number of carbonyl (C=O) groups is 1. The predicted octanol–water partition coefficient (Wildman–Crippen LogP) is 2.26. The lowest BCUT2D eigenvalue weighted by Crippen LogP contribution is -2.29. The predicted molar refractivity (Wildman–Crippen MR) is 57.8 cm³/mol. The van der Waals surface area contributed by atoms with Gasteiger partial charge in [0.05, 0.1) is 0 Å². The van der Waals surface area contributed by atoms with Gasteiger partial charge in [-0.2, -0.15) is 0 Å². The zero-order chi connectivity index (χ0) is 9.78. The van der Waals surface area contributed by atoms with Gasteiger partial charge in [-0.15, -0.1) is 0 Å². The van der Waals surface area contributed by atoms with E-state index in [1.54, 1.807) is 0 Å². The monoisotopic (exact) mass is 189 g/mol. The standard InChI is InChI=1S/C10H21OS/c1-6-12(7-2)8-9(11)10(3,4)5/h6-8H2,1-5H3/q+1. The Morgan fingerprint density at radius 2 is 1.58 bits per heavy atom. The zero-order valence-corrected chi connectivity index (χ0v) is 9.75. The smallest absolute Gasteiger partial charge is 0.187 e. The summed E-state index contributed by atoms with van der Waals surface area (Å²) < 4.78 is 0. The molecule has 0 aliphatic carbocycles. The minimum absolute atomic E-state index is 0.143. The molecule has 0 heterocycles. The fraction of sp³-hybridized carbons (Fsp3) is 0.900. The number of ketones is 1. The Balaban J connectivity index is 3.99. The van der Waals surface area contributed by atoms with E-state index in [1.807, 2.05) is 20.8 Å². The molecule has 0 aliphatic rings. The molecule has 0 atom stereocenters. The van der Waals surface area contributed by atoms with Crippen molar-refractivity contribution in [3.05, 3.63) is 0 Å². The van der Waals surface area contributed by atoms with Crippen molar-refractivity contribution in [2.75, 3.05) is 17.3 Å². The van der Waals surface area contributed by atoms with Gasteiger partial charge in [0, 0.05) is 5.41 Å². The first kappa shape index (κ1) is 12.0. The van der Waals surface area contributed by atoms with E-state index in [1.165, 1.54) is 0 Å². The molecule has 0 spiro atoms. The lowest BCUT2D eigenvalue weighted by molar-refractivity contribution is -0.123. The molecule has 0 bridgehead atoms. The van der Waals surface area contributed by atoms with Gasteiger partial charge in [0.25, 0.3) is 0 Å². The van der Waals surface area contributed by atoms with Crippen molar-refractivity contribution in [1.29, 1.82) is 0 Å². The number of hydrogen-bond donors (Lipinski definition) is 0. The summed E-state index contributed by atoms with van der Waals surface area (Å²) >= 11 is 0. The summed E-state index contributed by atoms with van der Waals surface area (Å²) in [6.45, 7) is 10.3. The highest BCUT2D eigenvalue weighted by Gasteiger charge is 2.27. The third-order valence-electron chi connectivity index (χ3n) is 1.99. The molecule has 0 aromatic rings. The third kappa shape index (κ3) is 4.15. The van der Waals surface area contributed by atoms with E-state index in [9.17, 15) is 4.79 Å². The summed E-state index contributed by atoms with van der Waals surface area (Å²) in [5, 5.41) is 0. The Hall–Kier alpha value is 0.0200. The number of Topliss-reactive ketones (excluding diaryl/α,β-unsaturated/α-hetero) is 1. The second-order valence-electron chi connectivity index (χ2n) is 4.01. The summed E-state index contributed by atoms with van der Waals surface area (Å²) in [5.41, 5.74) is -0.143. The van der Waals surface area contributed by atoms with Crippen molar-refractivity contribution in [3.63, 3.8) is 0 Å². The van der Waals surface area contributed by atoms with Crippen LogP contribution < -0.4 is 0 Å². The Labute approximate surface area is 79.3 Å². The van der Waals surface area contributed by atoms with Crippen LogP contribution >= 0.6 is 0 Å². The first-order valence-corrected chi connectivity index (χ1v) is 6.32. The van der Waals surface area contributed by atoms with Crippen LogP contribution in [-0.4, -0.2) is 23.0 Å². The first-order valence-electron chi connectivity index (χ1n) is 4.59. The molecule has 0 radical (unpaired) electrons. The molecule has 12 heavy (non-hydrogen) atoms. The van der Waals surface area contributed by atoms with Gasteiger partial charge in [0.2, 0.25) is 0 Å². The van der Waals surface area contributed by atoms with E-state index in [0.29, 0.717) is 16.7 Å². The molecule has 0 aromatic carbocycles. The maximum Gasteiger partial charge on any atom is 0.187 e. The van der Waals surface area contributed by atoms with Crippen LogP contribution in [0.4, 0.5) is 0 Å². The molecule has 0 unspecified atom stereocenters. The normalized spacial score (nSPS) is 12.2. The van der Waals surface area contributed by atoms with Crippen LogP contribution in [0.5, 0.6) is 0 Å². The maximum atomic E-state index is 11.6. The summed E-state index contributed by atoms with van der Waals surface area (Å²) in [7, 11) is 0.335. The minimum Gasteiger partial charge on any atom is -0.294 e. The molecule has 0 aliphatic heterocycles. The molecular weight excluding hydrogens is 168 g/mol. The van der Waals surface area contributed by atoms with Crippen molar-refractivity contribution in [3.8, 4) is 0 Å². The van der Waals surface area contributed by atoms with E-state index < -0.39 is 0 Å². The van der Waals surface area contributed by atoms with Crippen molar-refractivity contribution < 1.29 is 4.79 Å². The molecule has 0 saturated carbocycles. The van der Waals surface area contributed by atoms with Gasteiger partial charge in [-0.05, 0) is 24.7 Å². The molecule has 0 fully saturated rings. The molecule has 72 valence electrons. The summed E-state index contributed by atoms with van der Waals surface area (Å²) in [4.78, 5) is 11.6. The molecule has 0 rings (SSSR count). The quantitative estimate of drug-likeness (QED) is 0.620. The van der Waals surface area contributed by atoms with Gasteiger partial charge in [-0.3, -0.25) is 4.79 Å². The third-order valence-corrected chi connectivity index (χ3v) is 4.29. The second-order valence-corrected chi connectivity index (χ2v) is 6.68. The highest BCUT2D eigenvalue weighted by molar-refractivity contribution is 7.97. The Morgan fingerprint density at radius 3 is 1.83 bits per heavy atom. The highest BCUT2D eigenvalue weighted by Crippen LogP contribution is 2.16. The molecule has 2 heteroatoms. The van der Waals surface area contributed by atoms with Crippen LogP contribution in [0.15, 0.2) is 0 Å². The van der Waals surface area contributed by atoms with E-state index >= 15 is 0 Å². The SMILES string of the molecule is CC[S+](CC)CC(=O)C(C)(C)C. The van der Waals surface area contributed by atoms with Crippen molar-refractivity contribution >= 4 is 16.7 Å². The number of carbonyl (C=O) groups excluding carboxylic acids is 1. The van der Waals surface area contributed by atoms with Crippen LogP contribution in [0.3, 0.4) is 0 Å². The van der Waals surface area contributed by atoms with Gasteiger partial charge in [0.15, 0.2) is 11.5 Å². The minimum atomic E-state index is -0.143. The van der Waals surface area contributed by atoms with Gasteiger partial charge < -0.3 is 0 Å². The van der Waals surface area contributed by atoms with Crippen LogP contribution in [0.2, 0.25) is 0 Å². The fourth-order valence-electron chi connectivity index (χ4n) is 0.810.